The van der Waals surface area contributed by atoms with Crippen LogP contribution >= 0.6 is 0 Å². The number of carbonyl (C=O) groups excluding carboxylic acids is 2. The highest BCUT2D eigenvalue weighted by atomic mass is 19.4. The van der Waals surface area contributed by atoms with Gasteiger partial charge in [0.15, 0.2) is 5.69 Å². The van der Waals surface area contributed by atoms with Gasteiger partial charge >= 0.3 is 6.18 Å². The molecule has 0 saturated heterocycles. The van der Waals surface area contributed by atoms with Gasteiger partial charge in [0.2, 0.25) is 0 Å². The van der Waals surface area contributed by atoms with Crippen molar-refractivity contribution < 1.29 is 27.5 Å². The Labute approximate surface area is 200 Å². The molecule has 1 heterocycles. The second-order valence-corrected chi connectivity index (χ2v) is 7.60. The zero-order valence-electron chi connectivity index (χ0n) is 19.4. The van der Waals surface area contributed by atoms with Crippen molar-refractivity contribution in [3.8, 4) is 5.75 Å². The Bertz CT molecular complexity index is 1250. The van der Waals surface area contributed by atoms with Gasteiger partial charge < -0.3 is 25.6 Å². The highest BCUT2D eigenvalue weighted by molar-refractivity contribution is 5.98. The fourth-order valence-electron chi connectivity index (χ4n) is 3.26. The minimum Gasteiger partial charge on any atom is -0.495 e. The lowest BCUT2D eigenvalue weighted by Crippen LogP contribution is -2.21. The van der Waals surface area contributed by atoms with Crippen LogP contribution in [0.4, 0.5) is 35.9 Å². The number of amides is 2. The summed E-state index contributed by atoms with van der Waals surface area (Å²) in [5, 5.41) is 8.12. The highest BCUT2D eigenvalue weighted by Gasteiger charge is 2.34. The summed E-state index contributed by atoms with van der Waals surface area (Å²) in [6.07, 6.45) is -3.28. The van der Waals surface area contributed by atoms with Crippen LogP contribution in [0, 0.1) is 0 Å². The number of nitrogens with one attached hydrogen (secondary N) is 3. The number of rotatable bonds is 7. The Kier molecular flexibility index (Phi) is 7.48. The normalized spacial score (nSPS) is 10.9. The number of alkyl halides is 3. The third-order valence-corrected chi connectivity index (χ3v) is 4.98. The third kappa shape index (κ3) is 5.81. The maximum absolute atomic E-state index is 13.7. The smallest absolute Gasteiger partial charge is 0.418 e. The van der Waals surface area contributed by atoms with E-state index in [1.807, 2.05) is 0 Å². The van der Waals surface area contributed by atoms with Gasteiger partial charge in [-0.25, -0.2) is 4.98 Å². The van der Waals surface area contributed by atoms with Crippen LogP contribution in [-0.2, 0) is 6.18 Å². The minimum absolute atomic E-state index is 0.0516. The second-order valence-electron chi connectivity index (χ2n) is 7.60. The summed E-state index contributed by atoms with van der Waals surface area (Å²) in [6.45, 7) is 0. The molecule has 8 nitrogen and oxygen atoms in total. The molecular weight excluding hydrogens is 463 g/mol. The van der Waals surface area contributed by atoms with Crippen molar-refractivity contribution in [1.82, 2.24) is 15.2 Å². The number of aromatic nitrogens is 1. The van der Waals surface area contributed by atoms with E-state index < -0.39 is 17.6 Å². The summed E-state index contributed by atoms with van der Waals surface area (Å²) in [5.41, 5.74) is 0.0120. The van der Waals surface area contributed by atoms with Gasteiger partial charge in [0.25, 0.3) is 11.8 Å². The van der Waals surface area contributed by atoms with Crippen molar-refractivity contribution >= 4 is 34.6 Å². The summed E-state index contributed by atoms with van der Waals surface area (Å²) < 4.78 is 46.5. The van der Waals surface area contributed by atoms with Crippen LogP contribution in [0.15, 0.2) is 54.7 Å². The first-order valence-corrected chi connectivity index (χ1v) is 10.4. The number of ether oxygens (including phenoxy) is 1. The maximum atomic E-state index is 13.7. The first-order valence-electron chi connectivity index (χ1n) is 10.4. The quantitative estimate of drug-likeness (QED) is 0.449. The number of carbonyl (C=O) groups is 2. The van der Waals surface area contributed by atoms with Crippen molar-refractivity contribution in [2.24, 2.45) is 0 Å². The molecule has 0 radical (unpaired) electrons. The van der Waals surface area contributed by atoms with E-state index in [-0.39, 0.29) is 23.0 Å². The van der Waals surface area contributed by atoms with Gasteiger partial charge in [-0.3, -0.25) is 9.59 Å². The molecule has 0 unspecified atom stereocenters. The number of halogens is 3. The van der Waals surface area contributed by atoms with Gasteiger partial charge in [-0.05, 0) is 48.5 Å². The van der Waals surface area contributed by atoms with Gasteiger partial charge in [0.1, 0.15) is 5.75 Å². The minimum atomic E-state index is -4.65. The van der Waals surface area contributed by atoms with E-state index in [0.29, 0.717) is 22.7 Å². The monoisotopic (exact) mass is 487 g/mol. The first-order chi connectivity index (χ1) is 16.5. The predicted octanol–water partition coefficient (Wildman–Crippen LogP) is 4.66. The van der Waals surface area contributed by atoms with E-state index in [2.05, 4.69) is 20.9 Å². The first kappa shape index (κ1) is 25.3. The molecule has 0 saturated carbocycles. The molecule has 1 aromatic heterocycles. The number of hydrogen-bond donors (Lipinski definition) is 3. The molecule has 0 spiro atoms. The van der Waals surface area contributed by atoms with Crippen molar-refractivity contribution in [2.45, 2.75) is 6.18 Å². The van der Waals surface area contributed by atoms with Crippen LogP contribution in [0.25, 0.3) is 0 Å². The van der Waals surface area contributed by atoms with Gasteiger partial charge in [0.05, 0.1) is 29.7 Å². The number of methoxy groups -OCH3 is 1. The predicted molar refractivity (Wildman–Crippen MR) is 127 cm³/mol. The van der Waals surface area contributed by atoms with E-state index in [9.17, 15) is 22.8 Å². The lowest BCUT2D eigenvalue weighted by molar-refractivity contribution is -0.136. The molecule has 0 bridgehead atoms. The van der Waals surface area contributed by atoms with E-state index in [1.54, 1.807) is 32.3 Å². The van der Waals surface area contributed by atoms with Crippen LogP contribution in [0.5, 0.6) is 5.75 Å². The van der Waals surface area contributed by atoms with Crippen molar-refractivity contribution in [2.75, 3.05) is 38.9 Å². The van der Waals surface area contributed by atoms with Gasteiger partial charge in [-0.1, -0.05) is 0 Å². The number of hydrogen-bond acceptors (Lipinski definition) is 6. The average Bonchev–Trinajstić information content (AvgIpc) is 2.83. The summed E-state index contributed by atoms with van der Waals surface area (Å²) in [7, 11) is 6.06. The Morgan fingerprint density at radius 3 is 2.34 bits per heavy atom. The number of pyridine rings is 1. The van der Waals surface area contributed by atoms with Gasteiger partial charge in [0, 0.05) is 38.6 Å². The number of anilines is 4. The SMILES string of the molecule is CNC(=O)c1ncccc1Nc1cc(Nc2ccc(C(=O)N(C)C)cc2OC)ccc1C(F)(F)F. The highest BCUT2D eigenvalue weighted by Crippen LogP contribution is 2.39. The van der Waals surface area contributed by atoms with Crippen LogP contribution < -0.4 is 20.7 Å². The van der Waals surface area contributed by atoms with Gasteiger partial charge in [-0.15, -0.1) is 0 Å². The number of nitrogens with zero attached hydrogens (tertiary/aromatic N) is 2. The Hall–Kier alpha value is -4.28. The van der Waals surface area contributed by atoms with Crippen LogP contribution in [0.2, 0.25) is 0 Å². The topological polar surface area (TPSA) is 95.6 Å². The van der Waals surface area contributed by atoms with E-state index in [1.165, 1.54) is 49.5 Å². The molecule has 0 atom stereocenters. The Balaban J connectivity index is 2.00. The molecule has 11 heteroatoms. The molecule has 3 N–H and O–H groups in total. The molecule has 0 aliphatic carbocycles. The summed E-state index contributed by atoms with van der Waals surface area (Å²) in [5.74, 6) is -0.437. The zero-order chi connectivity index (χ0) is 25.8. The molecule has 35 heavy (non-hydrogen) atoms. The fourth-order valence-corrected chi connectivity index (χ4v) is 3.26. The van der Waals surface area contributed by atoms with Gasteiger partial charge in [-0.2, -0.15) is 13.2 Å². The van der Waals surface area contributed by atoms with E-state index >= 15 is 0 Å². The zero-order valence-corrected chi connectivity index (χ0v) is 19.4. The fraction of sp³-hybridized carbons (Fsp3) is 0.208. The largest absolute Gasteiger partial charge is 0.495 e. The van der Waals surface area contributed by atoms with Crippen LogP contribution in [0.3, 0.4) is 0 Å². The van der Waals surface area contributed by atoms with E-state index in [0.717, 1.165) is 6.07 Å². The molecule has 2 amide bonds. The Morgan fingerprint density at radius 1 is 0.971 bits per heavy atom. The molecule has 3 rings (SSSR count). The molecule has 0 aliphatic rings. The van der Waals surface area contributed by atoms with Crippen molar-refractivity contribution in [3.05, 3.63) is 71.5 Å². The molecular formula is C24H24F3N5O3. The Morgan fingerprint density at radius 2 is 1.71 bits per heavy atom. The third-order valence-electron chi connectivity index (χ3n) is 4.98. The standard InChI is InChI=1S/C24H24F3N5O3/c1-28-22(33)21-18(6-5-11-29-21)31-19-13-15(8-9-16(19)24(25,26)27)30-17-10-7-14(12-20(17)35-4)23(34)32(2)3/h5-13,30-31H,1-4H3,(H,28,33). The van der Waals surface area contributed by atoms with Crippen LogP contribution in [-0.4, -0.2) is 50.0 Å². The average molecular weight is 487 g/mol. The summed E-state index contributed by atoms with van der Waals surface area (Å²) in [6, 6.07) is 11.2. The molecule has 184 valence electrons. The van der Waals surface area contributed by atoms with Crippen molar-refractivity contribution in [3.63, 3.8) is 0 Å². The lowest BCUT2D eigenvalue weighted by Gasteiger charge is -2.19. The van der Waals surface area contributed by atoms with Crippen molar-refractivity contribution in [1.29, 1.82) is 0 Å². The molecule has 0 aliphatic heterocycles. The van der Waals surface area contributed by atoms with E-state index in [4.69, 9.17) is 4.74 Å². The van der Waals surface area contributed by atoms with Crippen LogP contribution in [0.1, 0.15) is 26.4 Å². The lowest BCUT2D eigenvalue weighted by atomic mass is 10.1. The molecule has 2 aromatic carbocycles. The second kappa shape index (κ2) is 10.3. The summed E-state index contributed by atoms with van der Waals surface area (Å²) >= 11 is 0. The molecule has 3 aromatic rings. The summed E-state index contributed by atoms with van der Waals surface area (Å²) in [4.78, 5) is 29.7. The number of benzene rings is 2. The maximum Gasteiger partial charge on any atom is 0.418 e. The molecule has 0 fully saturated rings.